The monoisotopic (exact) mass is 250 g/mol. The molecule has 4 heteroatoms. The lowest BCUT2D eigenvalue weighted by Gasteiger charge is -2.22. The van der Waals surface area contributed by atoms with Gasteiger partial charge in [-0.25, -0.2) is 0 Å². The van der Waals surface area contributed by atoms with Crippen LogP contribution in [0.2, 0.25) is 0 Å². The average molecular weight is 250 g/mol. The molecule has 1 unspecified atom stereocenters. The topological polar surface area (TPSA) is 33.7 Å². The van der Waals surface area contributed by atoms with Crippen molar-refractivity contribution in [3.8, 4) is 11.5 Å². The second kappa shape index (κ2) is 6.07. The summed E-state index contributed by atoms with van der Waals surface area (Å²) in [6.07, 6.45) is 0. The maximum Gasteiger partial charge on any atom is 0.122 e. The van der Waals surface area contributed by atoms with E-state index < -0.39 is 0 Å². The van der Waals surface area contributed by atoms with Crippen molar-refractivity contribution in [2.75, 3.05) is 47.4 Å². The quantitative estimate of drug-likeness (QED) is 0.877. The van der Waals surface area contributed by atoms with Gasteiger partial charge in [0.15, 0.2) is 0 Å². The molecule has 0 bridgehead atoms. The summed E-state index contributed by atoms with van der Waals surface area (Å²) in [7, 11) is 5.58. The second-order valence-corrected chi connectivity index (χ2v) is 4.77. The number of hydrogen-bond acceptors (Lipinski definition) is 4. The van der Waals surface area contributed by atoms with Crippen LogP contribution in [0.1, 0.15) is 11.5 Å². The van der Waals surface area contributed by atoms with Gasteiger partial charge in [0.2, 0.25) is 0 Å². The van der Waals surface area contributed by atoms with E-state index in [9.17, 15) is 0 Å². The molecule has 1 saturated heterocycles. The van der Waals surface area contributed by atoms with Gasteiger partial charge in [0.05, 0.1) is 14.2 Å². The van der Waals surface area contributed by atoms with E-state index in [1.54, 1.807) is 14.2 Å². The Morgan fingerprint density at radius 3 is 2.83 bits per heavy atom. The molecule has 4 nitrogen and oxygen atoms in total. The predicted molar refractivity (Wildman–Crippen MR) is 72.7 cm³/mol. The molecule has 0 spiro atoms. The van der Waals surface area contributed by atoms with Crippen LogP contribution in [0.25, 0.3) is 0 Å². The van der Waals surface area contributed by atoms with Crippen molar-refractivity contribution in [2.45, 2.75) is 5.92 Å². The van der Waals surface area contributed by atoms with Crippen molar-refractivity contribution in [2.24, 2.45) is 0 Å². The first-order valence-electron chi connectivity index (χ1n) is 6.35. The minimum atomic E-state index is 0.433. The highest BCUT2D eigenvalue weighted by Gasteiger charge is 2.20. The van der Waals surface area contributed by atoms with E-state index >= 15 is 0 Å². The van der Waals surface area contributed by atoms with Crippen LogP contribution in [0.3, 0.4) is 0 Å². The SMILES string of the molecule is COc1ccc(OC)c(C2CNCCN(C)C2)c1. The number of nitrogens with one attached hydrogen (secondary N) is 1. The Balaban J connectivity index is 2.28. The van der Waals surface area contributed by atoms with E-state index in [1.807, 2.05) is 12.1 Å². The Kier molecular flexibility index (Phi) is 4.44. The molecule has 1 atom stereocenters. The van der Waals surface area contributed by atoms with Crippen LogP contribution in [-0.2, 0) is 0 Å². The largest absolute Gasteiger partial charge is 0.497 e. The van der Waals surface area contributed by atoms with Gasteiger partial charge < -0.3 is 19.7 Å². The van der Waals surface area contributed by atoms with Crippen LogP contribution in [0.5, 0.6) is 11.5 Å². The summed E-state index contributed by atoms with van der Waals surface area (Å²) in [6, 6.07) is 6.01. The van der Waals surface area contributed by atoms with Crippen LogP contribution < -0.4 is 14.8 Å². The maximum atomic E-state index is 5.47. The van der Waals surface area contributed by atoms with E-state index in [0.29, 0.717) is 5.92 Å². The summed E-state index contributed by atoms with van der Waals surface area (Å²) in [5.74, 6) is 2.26. The van der Waals surface area contributed by atoms with Gasteiger partial charge in [0, 0.05) is 37.7 Å². The number of benzene rings is 1. The normalized spacial score (nSPS) is 21.4. The van der Waals surface area contributed by atoms with Crippen LogP contribution in [0, 0.1) is 0 Å². The molecule has 0 aromatic heterocycles. The zero-order valence-electron chi connectivity index (χ0n) is 11.4. The van der Waals surface area contributed by atoms with Crippen LogP contribution in [-0.4, -0.2) is 52.3 Å². The molecule has 1 aliphatic heterocycles. The Morgan fingerprint density at radius 2 is 2.11 bits per heavy atom. The minimum absolute atomic E-state index is 0.433. The number of ether oxygens (including phenoxy) is 2. The molecule has 0 saturated carbocycles. The van der Waals surface area contributed by atoms with Crippen molar-refractivity contribution in [1.82, 2.24) is 10.2 Å². The zero-order chi connectivity index (χ0) is 13.0. The Labute approximate surface area is 109 Å². The molecule has 1 aromatic carbocycles. The van der Waals surface area contributed by atoms with Crippen molar-refractivity contribution >= 4 is 0 Å². The van der Waals surface area contributed by atoms with E-state index in [4.69, 9.17) is 9.47 Å². The zero-order valence-corrected chi connectivity index (χ0v) is 11.4. The summed E-state index contributed by atoms with van der Waals surface area (Å²) < 4.78 is 10.8. The highest BCUT2D eigenvalue weighted by atomic mass is 16.5. The van der Waals surface area contributed by atoms with E-state index in [-0.39, 0.29) is 0 Å². The number of rotatable bonds is 3. The summed E-state index contributed by atoms with van der Waals surface area (Å²) in [5, 5.41) is 3.48. The van der Waals surface area contributed by atoms with Gasteiger partial charge in [-0.3, -0.25) is 0 Å². The Hall–Kier alpha value is -1.26. The smallest absolute Gasteiger partial charge is 0.122 e. The van der Waals surface area contributed by atoms with Gasteiger partial charge in [0.1, 0.15) is 11.5 Å². The van der Waals surface area contributed by atoms with Gasteiger partial charge in [-0.1, -0.05) is 0 Å². The highest BCUT2D eigenvalue weighted by Crippen LogP contribution is 2.31. The molecule has 1 aliphatic rings. The molecule has 1 heterocycles. The van der Waals surface area contributed by atoms with Crippen LogP contribution in [0.4, 0.5) is 0 Å². The Bertz CT molecular complexity index is 395. The number of methoxy groups -OCH3 is 2. The summed E-state index contributed by atoms with van der Waals surface area (Å²) in [4.78, 5) is 2.35. The van der Waals surface area contributed by atoms with Gasteiger partial charge in [-0.05, 0) is 25.2 Å². The molecule has 1 aromatic rings. The number of likely N-dealkylation sites (N-methyl/N-ethyl adjacent to an activating group) is 1. The lowest BCUT2D eigenvalue weighted by atomic mass is 9.97. The molecule has 1 N–H and O–H groups in total. The molecule has 0 radical (unpaired) electrons. The first kappa shape index (κ1) is 13.2. The first-order chi connectivity index (χ1) is 8.74. The number of hydrogen-bond donors (Lipinski definition) is 1. The lowest BCUT2D eigenvalue weighted by Crippen LogP contribution is -2.25. The Morgan fingerprint density at radius 1 is 1.28 bits per heavy atom. The van der Waals surface area contributed by atoms with E-state index in [0.717, 1.165) is 37.7 Å². The fraction of sp³-hybridized carbons (Fsp3) is 0.571. The van der Waals surface area contributed by atoms with Gasteiger partial charge in [-0.15, -0.1) is 0 Å². The summed E-state index contributed by atoms with van der Waals surface area (Å²) in [6.45, 7) is 4.15. The predicted octanol–water partition coefficient (Wildman–Crippen LogP) is 1.32. The highest BCUT2D eigenvalue weighted by molar-refractivity contribution is 5.43. The maximum absolute atomic E-state index is 5.47. The second-order valence-electron chi connectivity index (χ2n) is 4.77. The van der Waals surface area contributed by atoms with Crippen molar-refractivity contribution in [1.29, 1.82) is 0 Å². The fourth-order valence-electron chi connectivity index (χ4n) is 2.45. The molecule has 18 heavy (non-hydrogen) atoms. The lowest BCUT2D eigenvalue weighted by molar-refractivity contribution is 0.335. The summed E-state index contributed by atoms with van der Waals surface area (Å²) >= 11 is 0. The molecular weight excluding hydrogens is 228 g/mol. The van der Waals surface area contributed by atoms with Crippen molar-refractivity contribution in [3.05, 3.63) is 23.8 Å². The summed E-state index contributed by atoms with van der Waals surface area (Å²) in [5.41, 5.74) is 1.22. The molecule has 2 rings (SSSR count). The third-order valence-electron chi connectivity index (χ3n) is 3.47. The molecule has 100 valence electrons. The van der Waals surface area contributed by atoms with Crippen molar-refractivity contribution < 1.29 is 9.47 Å². The first-order valence-corrected chi connectivity index (χ1v) is 6.35. The number of nitrogens with zero attached hydrogens (tertiary/aromatic N) is 1. The van der Waals surface area contributed by atoms with Crippen LogP contribution >= 0.6 is 0 Å². The van der Waals surface area contributed by atoms with Gasteiger partial charge >= 0.3 is 0 Å². The fourth-order valence-corrected chi connectivity index (χ4v) is 2.45. The van der Waals surface area contributed by atoms with Crippen molar-refractivity contribution in [3.63, 3.8) is 0 Å². The third kappa shape index (κ3) is 2.94. The van der Waals surface area contributed by atoms with E-state index in [2.05, 4.69) is 23.3 Å². The molecule has 1 fully saturated rings. The van der Waals surface area contributed by atoms with E-state index in [1.165, 1.54) is 5.56 Å². The third-order valence-corrected chi connectivity index (χ3v) is 3.47. The van der Waals surface area contributed by atoms with Gasteiger partial charge in [-0.2, -0.15) is 0 Å². The molecule has 0 amide bonds. The molecular formula is C14H22N2O2. The standard InChI is InChI=1S/C14H22N2O2/c1-16-7-6-15-9-11(10-16)13-8-12(17-2)4-5-14(13)18-3/h4-5,8,11,15H,6-7,9-10H2,1-3H3. The molecule has 0 aliphatic carbocycles. The minimum Gasteiger partial charge on any atom is -0.497 e. The average Bonchev–Trinajstić information content (AvgIpc) is 2.62. The van der Waals surface area contributed by atoms with Crippen LogP contribution in [0.15, 0.2) is 18.2 Å². The van der Waals surface area contributed by atoms with Gasteiger partial charge in [0.25, 0.3) is 0 Å².